The topological polar surface area (TPSA) is 21.3 Å². The molecule has 4 heteroatoms. The Labute approximate surface area is 143 Å². The lowest BCUT2D eigenvalue weighted by Crippen LogP contribution is -2.23. The van der Waals surface area contributed by atoms with E-state index in [-0.39, 0.29) is 6.04 Å². The van der Waals surface area contributed by atoms with Crippen molar-refractivity contribution >= 4 is 31.9 Å². The first-order valence-electron chi connectivity index (χ1n) is 7.07. The summed E-state index contributed by atoms with van der Waals surface area (Å²) in [5, 5.41) is 3.55. The van der Waals surface area contributed by atoms with E-state index in [1.807, 2.05) is 25.1 Å². The van der Waals surface area contributed by atoms with Crippen LogP contribution in [0.4, 0.5) is 0 Å². The second kappa shape index (κ2) is 7.97. The molecule has 112 valence electrons. The van der Waals surface area contributed by atoms with Gasteiger partial charge in [0.1, 0.15) is 5.75 Å². The highest BCUT2D eigenvalue weighted by Gasteiger charge is 2.20. The number of rotatable bonds is 6. The molecule has 2 aromatic rings. The third-order valence-corrected chi connectivity index (χ3v) is 4.42. The summed E-state index contributed by atoms with van der Waals surface area (Å²) in [6, 6.07) is 14.5. The van der Waals surface area contributed by atoms with Crippen LogP contribution < -0.4 is 10.1 Å². The molecule has 2 nitrogen and oxygen atoms in total. The van der Waals surface area contributed by atoms with Crippen LogP contribution >= 0.6 is 31.9 Å². The van der Waals surface area contributed by atoms with Gasteiger partial charge in [0.2, 0.25) is 0 Å². The molecule has 0 heterocycles. The summed E-state index contributed by atoms with van der Waals surface area (Å²) in [5.41, 5.74) is 2.35. The highest BCUT2D eigenvalue weighted by atomic mass is 79.9. The van der Waals surface area contributed by atoms with Gasteiger partial charge in [-0.1, -0.05) is 57.0 Å². The molecule has 0 fully saturated rings. The minimum absolute atomic E-state index is 0.0876. The van der Waals surface area contributed by atoms with Gasteiger partial charge in [-0.15, -0.1) is 0 Å². The van der Waals surface area contributed by atoms with E-state index < -0.39 is 0 Å². The van der Waals surface area contributed by atoms with Gasteiger partial charge in [-0.25, -0.2) is 0 Å². The van der Waals surface area contributed by atoms with E-state index in [9.17, 15) is 0 Å². The highest BCUT2D eigenvalue weighted by Crippen LogP contribution is 2.35. The average Bonchev–Trinajstić information content (AvgIpc) is 2.48. The Bertz CT molecular complexity index is 601. The fourth-order valence-corrected chi connectivity index (χ4v) is 3.23. The summed E-state index contributed by atoms with van der Waals surface area (Å²) < 4.78 is 7.95. The third kappa shape index (κ3) is 4.09. The second-order valence-corrected chi connectivity index (χ2v) is 6.40. The first-order chi connectivity index (χ1) is 10.2. The standard InChI is InChI=1S/C17H19Br2NO/c1-3-20-17(13-7-5-6-8-15(13)19)14-11-12(18)9-10-16(14)21-4-2/h5-11,17,20H,3-4H2,1-2H3. The molecule has 1 atom stereocenters. The van der Waals surface area contributed by atoms with Crippen LogP contribution in [0.5, 0.6) is 5.75 Å². The van der Waals surface area contributed by atoms with Gasteiger partial charge in [-0.3, -0.25) is 0 Å². The lowest BCUT2D eigenvalue weighted by atomic mass is 9.97. The normalized spacial score (nSPS) is 12.2. The van der Waals surface area contributed by atoms with Gasteiger partial charge in [0.05, 0.1) is 12.6 Å². The van der Waals surface area contributed by atoms with E-state index >= 15 is 0 Å². The Hall–Kier alpha value is -0.840. The molecule has 0 radical (unpaired) electrons. The van der Waals surface area contributed by atoms with Gasteiger partial charge < -0.3 is 10.1 Å². The molecule has 0 aliphatic rings. The number of nitrogens with one attached hydrogen (secondary N) is 1. The summed E-state index contributed by atoms with van der Waals surface area (Å²) in [4.78, 5) is 0. The number of ether oxygens (including phenoxy) is 1. The molecule has 0 amide bonds. The molecule has 0 spiro atoms. The van der Waals surface area contributed by atoms with Crippen LogP contribution in [-0.4, -0.2) is 13.2 Å². The van der Waals surface area contributed by atoms with Crippen LogP contribution in [0.3, 0.4) is 0 Å². The van der Waals surface area contributed by atoms with E-state index in [4.69, 9.17) is 4.74 Å². The molecule has 0 aromatic heterocycles. The van der Waals surface area contributed by atoms with Crippen molar-refractivity contribution in [3.8, 4) is 5.75 Å². The molecule has 2 aromatic carbocycles. The summed E-state index contributed by atoms with van der Waals surface area (Å²) in [7, 11) is 0. The summed E-state index contributed by atoms with van der Waals surface area (Å²) in [5.74, 6) is 0.919. The number of hydrogen-bond donors (Lipinski definition) is 1. The predicted molar refractivity (Wildman–Crippen MR) is 95.0 cm³/mol. The number of halogens is 2. The molecule has 2 rings (SSSR count). The van der Waals surface area contributed by atoms with E-state index in [1.54, 1.807) is 0 Å². The summed E-state index contributed by atoms with van der Waals surface area (Å²) >= 11 is 7.22. The first-order valence-corrected chi connectivity index (χ1v) is 8.66. The van der Waals surface area contributed by atoms with Gasteiger partial charge in [0.25, 0.3) is 0 Å². The van der Waals surface area contributed by atoms with Crippen molar-refractivity contribution < 1.29 is 4.74 Å². The molecule has 21 heavy (non-hydrogen) atoms. The Balaban J connectivity index is 2.52. The van der Waals surface area contributed by atoms with Crippen molar-refractivity contribution in [2.24, 2.45) is 0 Å². The lowest BCUT2D eigenvalue weighted by molar-refractivity contribution is 0.333. The fraction of sp³-hybridized carbons (Fsp3) is 0.294. The molecular weight excluding hydrogens is 394 g/mol. The SMILES string of the molecule is CCNC(c1ccccc1Br)c1cc(Br)ccc1OCC. The van der Waals surface area contributed by atoms with Crippen LogP contribution in [0, 0.1) is 0 Å². The Morgan fingerprint density at radius 3 is 2.48 bits per heavy atom. The van der Waals surface area contributed by atoms with Crippen LogP contribution in [-0.2, 0) is 0 Å². The third-order valence-electron chi connectivity index (χ3n) is 3.21. The van der Waals surface area contributed by atoms with Crippen molar-refractivity contribution in [2.75, 3.05) is 13.2 Å². The largest absolute Gasteiger partial charge is 0.494 e. The Kier molecular flexibility index (Phi) is 6.27. The van der Waals surface area contributed by atoms with E-state index in [1.165, 1.54) is 5.56 Å². The molecule has 1 unspecified atom stereocenters. The Morgan fingerprint density at radius 2 is 1.81 bits per heavy atom. The van der Waals surface area contributed by atoms with E-state index in [2.05, 4.69) is 68.4 Å². The monoisotopic (exact) mass is 411 g/mol. The number of benzene rings is 2. The molecule has 0 aliphatic heterocycles. The van der Waals surface area contributed by atoms with E-state index in [0.29, 0.717) is 6.61 Å². The number of hydrogen-bond acceptors (Lipinski definition) is 2. The molecule has 1 N–H and O–H groups in total. The zero-order valence-corrected chi connectivity index (χ0v) is 15.4. The Morgan fingerprint density at radius 1 is 1.05 bits per heavy atom. The van der Waals surface area contributed by atoms with E-state index in [0.717, 1.165) is 26.8 Å². The second-order valence-electron chi connectivity index (χ2n) is 4.63. The fourth-order valence-electron chi connectivity index (χ4n) is 2.33. The van der Waals surface area contributed by atoms with Gasteiger partial charge in [-0.05, 0) is 43.3 Å². The maximum absolute atomic E-state index is 5.80. The molecule has 0 saturated carbocycles. The van der Waals surface area contributed by atoms with Crippen molar-refractivity contribution in [3.05, 3.63) is 62.5 Å². The van der Waals surface area contributed by atoms with Crippen LogP contribution in [0.2, 0.25) is 0 Å². The maximum Gasteiger partial charge on any atom is 0.124 e. The van der Waals surface area contributed by atoms with Crippen LogP contribution in [0.25, 0.3) is 0 Å². The van der Waals surface area contributed by atoms with Crippen molar-refractivity contribution in [2.45, 2.75) is 19.9 Å². The zero-order valence-electron chi connectivity index (χ0n) is 12.2. The van der Waals surface area contributed by atoms with Gasteiger partial charge in [0, 0.05) is 14.5 Å². The molecule has 0 saturated heterocycles. The predicted octanol–water partition coefficient (Wildman–Crippen LogP) is 5.31. The minimum Gasteiger partial charge on any atom is -0.494 e. The first kappa shape index (κ1) is 16.5. The maximum atomic E-state index is 5.80. The average molecular weight is 413 g/mol. The summed E-state index contributed by atoms with van der Waals surface area (Å²) in [6.07, 6.45) is 0. The van der Waals surface area contributed by atoms with Crippen LogP contribution in [0.15, 0.2) is 51.4 Å². The molecule has 0 aliphatic carbocycles. The quantitative estimate of drug-likeness (QED) is 0.694. The smallest absolute Gasteiger partial charge is 0.124 e. The van der Waals surface area contributed by atoms with Gasteiger partial charge >= 0.3 is 0 Å². The zero-order chi connectivity index (χ0) is 15.2. The van der Waals surface area contributed by atoms with Gasteiger partial charge in [-0.2, -0.15) is 0 Å². The summed E-state index contributed by atoms with van der Waals surface area (Å²) in [6.45, 7) is 5.65. The molecular formula is C17H19Br2NO. The minimum atomic E-state index is 0.0876. The van der Waals surface area contributed by atoms with Crippen molar-refractivity contribution in [3.63, 3.8) is 0 Å². The van der Waals surface area contributed by atoms with Crippen molar-refractivity contribution in [1.82, 2.24) is 5.32 Å². The van der Waals surface area contributed by atoms with Gasteiger partial charge in [0.15, 0.2) is 0 Å². The van der Waals surface area contributed by atoms with Crippen LogP contribution in [0.1, 0.15) is 31.0 Å². The van der Waals surface area contributed by atoms with Crippen molar-refractivity contribution in [1.29, 1.82) is 0 Å². The lowest BCUT2D eigenvalue weighted by Gasteiger charge is -2.23. The molecule has 0 bridgehead atoms. The highest BCUT2D eigenvalue weighted by molar-refractivity contribution is 9.10.